The van der Waals surface area contributed by atoms with Crippen LogP contribution in [0.2, 0.25) is 0 Å². The van der Waals surface area contributed by atoms with E-state index < -0.39 is 17.9 Å². The maximum absolute atomic E-state index is 13.8. The van der Waals surface area contributed by atoms with Crippen molar-refractivity contribution in [2.24, 2.45) is 11.7 Å². The van der Waals surface area contributed by atoms with Crippen molar-refractivity contribution in [2.75, 3.05) is 12.4 Å². The van der Waals surface area contributed by atoms with Crippen molar-refractivity contribution in [3.05, 3.63) is 47.5 Å². The zero-order valence-corrected chi connectivity index (χ0v) is 20.9. The van der Waals surface area contributed by atoms with Gasteiger partial charge >= 0.3 is 6.61 Å². The SMILES string of the molecule is CC.COc1ccc(NC(=O)C2(c3ccccc3C(C)C)CCC(C(N)=O)CC2)c(OC(F)F)n1. The van der Waals surface area contributed by atoms with Gasteiger partial charge < -0.3 is 20.5 Å². The molecule has 0 saturated heterocycles. The molecule has 0 atom stereocenters. The van der Waals surface area contributed by atoms with Crippen LogP contribution < -0.4 is 20.5 Å². The second-order valence-corrected chi connectivity index (χ2v) is 8.54. The molecular weight excluding hydrogens is 456 g/mol. The molecule has 1 saturated carbocycles. The fraction of sp³-hybridized carbons (Fsp3) is 0.500. The van der Waals surface area contributed by atoms with Gasteiger partial charge in [-0.3, -0.25) is 9.59 Å². The van der Waals surface area contributed by atoms with Gasteiger partial charge in [0.1, 0.15) is 5.69 Å². The zero-order chi connectivity index (χ0) is 26.2. The highest BCUT2D eigenvalue weighted by Crippen LogP contribution is 2.45. The number of rotatable bonds is 8. The number of aromatic nitrogens is 1. The van der Waals surface area contributed by atoms with E-state index in [1.807, 2.05) is 52.0 Å². The maximum Gasteiger partial charge on any atom is 0.388 e. The third-order valence-electron chi connectivity index (χ3n) is 6.27. The zero-order valence-electron chi connectivity index (χ0n) is 20.9. The van der Waals surface area contributed by atoms with Crippen molar-refractivity contribution in [1.82, 2.24) is 4.98 Å². The van der Waals surface area contributed by atoms with Crippen LogP contribution in [-0.4, -0.2) is 30.5 Å². The van der Waals surface area contributed by atoms with Gasteiger partial charge in [0.05, 0.1) is 12.5 Å². The molecule has 2 aromatic rings. The Bertz CT molecular complexity index is 1010. The topological polar surface area (TPSA) is 104 Å². The van der Waals surface area contributed by atoms with E-state index in [1.54, 1.807) is 0 Å². The fourth-order valence-corrected chi connectivity index (χ4v) is 4.50. The number of alkyl halides is 2. The molecule has 1 aliphatic rings. The van der Waals surface area contributed by atoms with Crippen molar-refractivity contribution in [3.63, 3.8) is 0 Å². The summed E-state index contributed by atoms with van der Waals surface area (Å²) in [6.45, 7) is 4.96. The molecule has 35 heavy (non-hydrogen) atoms. The number of carbonyl (C=O) groups excluding carboxylic acids is 2. The number of benzene rings is 1. The monoisotopic (exact) mass is 491 g/mol. The second kappa shape index (κ2) is 12.5. The van der Waals surface area contributed by atoms with Crippen molar-refractivity contribution in [3.8, 4) is 11.8 Å². The number of nitrogens with two attached hydrogens (primary N) is 1. The van der Waals surface area contributed by atoms with E-state index in [0.717, 1.165) is 11.1 Å². The average molecular weight is 492 g/mol. The Morgan fingerprint density at radius 1 is 1.11 bits per heavy atom. The molecule has 0 unspecified atom stereocenters. The standard InChI is InChI=1S/C24H29F2N3O4.C2H6/c1-14(2)16-6-4-5-7-17(16)24(12-10-15(11-13-24)20(27)30)22(31)28-18-8-9-19(32-3)29-21(18)33-23(25)26;1-2/h4-9,14-15,23H,10-13H2,1-3H3,(H2,27,30)(H,28,31);1-2H3. The lowest BCUT2D eigenvalue weighted by atomic mass is 9.64. The summed E-state index contributed by atoms with van der Waals surface area (Å²) in [5.74, 6) is -1.27. The first kappa shape index (κ1) is 28.0. The number of hydrogen-bond donors (Lipinski definition) is 2. The molecule has 7 nitrogen and oxygen atoms in total. The summed E-state index contributed by atoms with van der Waals surface area (Å²) in [5.41, 5.74) is 6.44. The molecule has 1 aliphatic carbocycles. The van der Waals surface area contributed by atoms with E-state index in [-0.39, 0.29) is 35.2 Å². The Labute approximate surface area is 205 Å². The summed E-state index contributed by atoms with van der Waals surface area (Å²) >= 11 is 0. The average Bonchev–Trinajstić information content (AvgIpc) is 2.85. The largest absolute Gasteiger partial charge is 0.481 e. The molecule has 1 aromatic heterocycles. The molecule has 0 radical (unpaired) electrons. The molecule has 1 heterocycles. The number of nitrogens with zero attached hydrogens (tertiary/aromatic N) is 1. The maximum atomic E-state index is 13.8. The smallest absolute Gasteiger partial charge is 0.388 e. The Hall–Kier alpha value is -3.23. The first-order valence-electron chi connectivity index (χ1n) is 11.9. The van der Waals surface area contributed by atoms with E-state index in [0.29, 0.717) is 25.7 Å². The number of carbonyl (C=O) groups is 2. The lowest BCUT2D eigenvalue weighted by Gasteiger charge is -2.40. The molecule has 1 aromatic carbocycles. The highest BCUT2D eigenvalue weighted by atomic mass is 19.3. The molecule has 0 spiro atoms. The van der Waals surface area contributed by atoms with E-state index in [2.05, 4.69) is 15.0 Å². The summed E-state index contributed by atoms with van der Waals surface area (Å²) < 4.78 is 35.4. The molecule has 3 N–H and O–H groups in total. The van der Waals surface area contributed by atoms with E-state index in [9.17, 15) is 18.4 Å². The van der Waals surface area contributed by atoms with Gasteiger partial charge in [-0.05, 0) is 48.8 Å². The molecule has 0 aliphatic heterocycles. The number of nitrogens with one attached hydrogen (secondary N) is 1. The Balaban J connectivity index is 0.00000210. The molecular formula is C26H35F2N3O4. The normalized spacial score (nSPS) is 19.5. The molecule has 0 bridgehead atoms. The fourth-order valence-electron chi connectivity index (χ4n) is 4.50. The summed E-state index contributed by atoms with van der Waals surface area (Å²) in [6, 6.07) is 10.6. The number of amides is 2. The number of primary amides is 1. The van der Waals surface area contributed by atoms with Crippen molar-refractivity contribution in [2.45, 2.75) is 71.3 Å². The Morgan fingerprint density at radius 3 is 2.29 bits per heavy atom. The molecule has 1 fully saturated rings. The minimum absolute atomic E-state index is 0.0135. The third kappa shape index (κ3) is 6.46. The molecule has 192 valence electrons. The number of halogens is 2. The number of pyridine rings is 1. The van der Waals surface area contributed by atoms with Gasteiger partial charge in [-0.1, -0.05) is 52.0 Å². The second-order valence-electron chi connectivity index (χ2n) is 8.54. The minimum Gasteiger partial charge on any atom is -0.481 e. The molecule has 9 heteroatoms. The number of ether oxygens (including phenoxy) is 2. The summed E-state index contributed by atoms with van der Waals surface area (Å²) in [7, 11) is 1.35. The van der Waals surface area contributed by atoms with E-state index >= 15 is 0 Å². The van der Waals surface area contributed by atoms with E-state index in [4.69, 9.17) is 10.5 Å². The highest BCUT2D eigenvalue weighted by molar-refractivity contribution is 6.00. The number of methoxy groups -OCH3 is 1. The highest BCUT2D eigenvalue weighted by Gasteiger charge is 2.45. The Kier molecular flexibility index (Phi) is 9.98. The number of hydrogen-bond acceptors (Lipinski definition) is 5. The van der Waals surface area contributed by atoms with Crippen LogP contribution >= 0.6 is 0 Å². The quantitative estimate of drug-likeness (QED) is 0.515. The van der Waals surface area contributed by atoms with Crippen LogP contribution in [0.5, 0.6) is 11.8 Å². The van der Waals surface area contributed by atoms with Crippen molar-refractivity contribution >= 4 is 17.5 Å². The van der Waals surface area contributed by atoms with Gasteiger partial charge in [-0.2, -0.15) is 13.8 Å². The first-order valence-corrected chi connectivity index (χ1v) is 11.9. The van der Waals surface area contributed by atoms with Gasteiger partial charge in [0.25, 0.3) is 0 Å². The van der Waals surface area contributed by atoms with Crippen LogP contribution in [0.15, 0.2) is 36.4 Å². The van der Waals surface area contributed by atoms with Crippen molar-refractivity contribution < 1.29 is 27.8 Å². The van der Waals surface area contributed by atoms with Crippen LogP contribution in [0.25, 0.3) is 0 Å². The van der Waals surface area contributed by atoms with Crippen molar-refractivity contribution in [1.29, 1.82) is 0 Å². The van der Waals surface area contributed by atoms with Gasteiger partial charge in [-0.25, -0.2) is 0 Å². The third-order valence-corrected chi connectivity index (χ3v) is 6.27. The number of anilines is 1. The van der Waals surface area contributed by atoms with Crippen LogP contribution in [0.3, 0.4) is 0 Å². The van der Waals surface area contributed by atoms with Crippen LogP contribution in [0.1, 0.15) is 70.4 Å². The van der Waals surface area contributed by atoms with Gasteiger partial charge in [-0.15, -0.1) is 0 Å². The van der Waals surface area contributed by atoms with Gasteiger partial charge in [0, 0.05) is 12.0 Å². The predicted octanol–water partition coefficient (Wildman–Crippen LogP) is 5.39. The van der Waals surface area contributed by atoms with Crippen LogP contribution in [0.4, 0.5) is 14.5 Å². The first-order chi connectivity index (χ1) is 16.7. The van der Waals surface area contributed by atoms with E-state index in [1.165, 1.54) is 19.2 Å². The van der Waals surface area contributed by atoms with Crippen LogP contribution in [0, 0.1) is 5.92 Å². The molecule has 2 amide bonds. The predicted molar refractivity (Wildman–Crippen MR) is 131 cm³/mol. The minimum atomic E-state index is -3.12. The summed E-state index contributed by atoms with van der Waals surface area (Å²) in [6.07, 6.45) is 1.70. The lowest BCUT2D eigenvalue weighted by Crippen LogP contribution is -2.45. The summed E-state index contributed by atoms with van der Waals surface area (Å²) in [5, 5.41) is 2.75. The van der Waals surface area contributed by atoms with Gasteiger partial charge in [0.15, 0.2) is 0 Å². The lowest BCUT2D eigenvalue weighted by molar-refractivity contribution is -0.127. The van der Waals surface area contributed by atoms with Crippen LogP contribution in [-0.2, 0) is 15.0 Å². The Morgan fingerprint density at radius 2 is 1.74 bits per heavy atom. The molecule has 3 rings (SSSR count). The summed E-state index contributed by atoms with van der Waals surface area (Å²) in [4.78, 5) is 29.5. The van der Waals surface area contributed by atoms with Gasteiger partial charge in [0.2, 0.25) is 23.6 Å².